The van der Waals surface area contributed by atoms with Crippen molar-refractivity contribution in [2.45, 2.75) is 30.7 Å². The molecule has 0 spiro atoms. The summed E-state index contributed by atoms with van der Waals surface area (Å²) in [5, 5.41) is 11.2. The number of furan rings is 1. The highest BCUT2D eigenvalue weighted by Gasteiger charge is 2.09. The first-order valence-electron chi connectivity index (χ1n) is 7.14. The smallest absolute Gasteiger partial charge is 0.247 e. The molecular formula is C16H18N4OS. The zero-order valence-corrected chi connectivity index (χ0v) is 13.4. The van der Waals surface area contributed by atoms with E-state index in [9.17, 15) is 0 Å². The van der Waals surface area contributed by atoms with Gasteiger partial charge in [0.05, 0.1) is 12.5 Å². The van der Waals surface area contributed by atoms with Crippen LogP contribution in [0.25, 0.3) is 0 Å². The molecule has 114 valence electrons. The van der Waals surface area contributed by atoms with Gasteiger partial charge in [-0.2, -0.15) is 4.98 Å². The average molecular weight is 314 g/mol. The maximum Gasteiger partial charge on any atom is 0.247 e. The third-order valence-corrected chi connectivity index (χ3v) is 4.18. The van der Waals surface area contributed by atoms with E-state index in [1.54, 1.807) is 24.3 Å². The van der Waals surface area contributed by atoms with Crippen LogP contribution in [0.3, 0.4) is 0 Å². The van der Waals surface area contributed by atoms with Crippen molar-refractivity contribution in [2.75, 3.05) is 5.32 Å². The molecule has 0 aliphatic rings. The number of aromatic amines is 1. The molecule has 6 heteroatoms. The van der Waals surface area contributed by atoms with Gasteiger partial charge in [-0.25, -0.2) is 0 Å². The number of H-pyrrole nitrogens is 1. The number of para-hydroxylation sites is 1. The molecule has 0 aliphatic heterocycles. The minimum atomic E-state index is 0.442. The summed E-state index contributed by atoms with van der Waals surface area (Å²) in [6.07, 6.45) is 3.41. The minimum absolute atomic E-state index is 0.442. The van der Waals surface area contributed by atoms with Crippen LogP contribution >= 0.6 is 11.8 Å². The molecule has 2 aromatic heterocycles. The van der Waals surface area contributed by atoms with Gasteiger partial charge < -0.3 is 9.73 Å². The average Bonchev–Trinajstić information content (AvgIpc) is 3.17. The van der Waals surface area contributed by atoms with Gasteiger partial charge in [0.2, 0.25) is 5.95 Å². The minimum Gasteiger partial charge on any atom is -0.472 e. The molecule has 2 N–H and O–H groups in total. The zero-order chi connectivity index (χ0) is 15.4. The Hall–Kier alpha value is -2.21. The van der Waals surface area contributed by atoms with Crippen molar-refractivity contribution >= 4 is 23.4 Å². The Bertz CT molecular complexity index is 721. The maximum absolute atomic E-state index is 5.05. The van der Waals surface area contributed by atoms with Crippen LogP contribution in [0.2, 0.25) is 0 Å². The lowest BCUT2D eigenvalue weighted by atomic mass is 10.0. The molecule has 0 aliphatic carbocycles. The van der Waals surface area contributed by atoms with Crippen LogP contribution in [-0.2, 0) is 5.75 Å². The van der Waals surface area contributed by atoms with Gasteiger partial charge in [-0.05, 0) is 23.6 Å². The van der Waals surface area contributed by atoms with Crippen LogP contribution < -0.4 is 5.32 Å². The van der Waals surface area contributed by atoms with Gasteiger partial charge in [0.15, 0.2) is 5.16 Å². The zero-order valence-electron chi connectivity index (χ0n) is 12.5. The molecule has 5 nitrogen and oxygen atoms in total. The second-order valence-corrected chi connectivity index (χ2v) is 6.22. The molecular weight excluding hydrogens is 296 g/mol. The fourth-order valence-corrected chi connectivity index (χ4v) is 2.86. The number of hydrogen-bond donors (Lipinski definition) is 2. The van der Waals surface area contributed by atoms with E-state index < -0.39 is 0 Å². The van der Waals surface area contributed by atoms with Crippen LogP contribution in [0.1, 0.15) is 30.9 Å². The van der Waals surface area contributed by atoms with Crippen LogP contribution in [-0.4, -0.2) is 15.2 Å². The highest BCUT2D eigenvalue weighted by molar-refractivity contribution is 7.98. The summed E-state index contributed by atoms with van der Waals surface area (Å²) in [7, 11) is 0. The van der Waals surface area contributed by atoms with Gasteiger partial charge in [0, 0.05) is 17.0 Å². The predicted octanol–water partition coefficient (Wildman–Crippen LogP) is 4.56. The van der Waals surface area contributed by atoms with E-state index in [4.69, 9.17) is 4.42 Å². The SMILES string of the molecule is CC(C)c1ccccc1Nc1n[nH]c(SCc2ccoc2)n1. The van der Waals surface area contributed by atoms with Crippen LogP contribution in [0, 0.1) is 0 Å². The molecule has 0 saturated heterocycles. The maximum atomic E-state index is 5.05. The van der Waals surface area contributed by atoms with Crippen LogP contribution in [0.5, 0.6) is 0 Å². The Balaban J connectivity index is 1.67. The number of rotatable bonds is 6. The van der Waals surface area contributed by atoms with Gasteiger partial charge in [-0.15, -0.1) is 5.10 Å². The quantitative estimate of drug-likeness (QED) is 0.653. The van der Waals surface area contributed by atoms with E-state index in [1.807, 2.05) is 24.3 Å². The van der Waals surface area contributed by atoms with Crippen molar-refractivity contribution in [1.29, 1.82) is 0 Å². The summed E-state index contributed by atoms with van der Waals surface area (Å²) in [6, 6.07) is 10.2. The summed E-state index contributed by atoms with van der Waals surface area (Å²) in [5.41, 5.74) is 3.42. The molecule has 0 radical (unpaired) electrons. The van der Waals surface area contributed by atoms with Crippen molar-refractivity contribution in [2.24, 2.45) is 0 Å². The lowest BCUT2D eigenvalue weighted by Gasteiger charge is -2.12. The van der Waals surface area contributed by atoms with E-state index in [-0.39, 0.29) is 0 Å². The van der Waals surface area contributed by atoms with Gasteiger partial charge in [-0.3, -0.25) is 5.10 Å². The van der Waals surface area contributed by atoms with E-state index in [0.717, 1.165) is 22.2 Å². The first-order chi connectivity index (χ1) is 10.7. The van der Waals surface area contributed by atoms with Crippen molar-refractivity contribution in [3.63, 3.8) is 0 Å². The summed E-state index contributed by atoms with van der Waals surface area (Å²) < 4.78 is 5.05. The van der Waals surface area contributed by atoms with Crippen molar-refractivity contribution in [3.05, 3.63) is 54.0 Å². The molecule has 0 fully saturated rings. The summed E-state index contributed by atoms with van der Waals surface area (Å²) >= 11 is 1.59. The molecule has 0 atom stereocenters. The second kappa shape index (κ2) is 6.70. The van der Waals surface area contributed by atoms with Crippen molar-refractivity contribution in [1.82, 2.24) is 15.2 Å². The third-order valence-electron chi connectivity index (χ3n) is 3.25. The molecule has 2 heterocycles. The first kappa shape index (κ1) is 14.7. The number of benzene rings is 1. The number of thioether (sulfide) groups is 1. The lowest BCUT2D eigenvalue weighted by molar-refractivity contribution is 0.565. The Labute approximate surface area is 133 Å². The predicted molar refractivity (Wildman–Crippen MR) is 88.5 cm³/mol. The Morgan fingerprint density at radius 3 is 2.91 bits per heavy atom. The van der Waals surface area contributed by atoms with Gasteiger partial charge >= 0.3 is 0 Å². The van der Waals surface area contributed by atoms with E-state index in [0.29, 0.717) is 11.9 Å². The number of aromatic nitrogens is 3. The molecule has 0 amide bonds. The Morgan fingerprint density at radius 2 is 2.14 bits per heavy atom. The topological polar surface area (TPSA) is 66.7 Å². The molecule has 22 heavy (non-hydrogen) atoms. The molecule has 0 saturated carbocycles. The first-order valence-corrected chi connectivity index (χ1v) is 8.13. The molecule has 1 aromatic carbocycles. The molecule has 0 bridgehead atoms. The molecule has 3 aromatic rings. The summed E-state index contributed by atoms with van der Waals surface area (Å²) in [6.45, 7) is 4.34. The largest absolute Gasteiger partial charge is 0.472 e. The number of nitrogens with zero attached hydrogens (tertiary/aromatic N) is 2. The fraction of sp³-hybridized carbons (Fsp3) is 0.250. The summed E-state index contributed by atoms with van der Waals surface area (Å²) in [5.74, 6) is 1.83. The number of nitrogens with one attached hydrogen (secondary N) is 2. The number of anilines is 2. The summed E-state index contributed by atoms with van der Waals surface area (Å²) in [4.78, 5) is 4.46. The van der Waals surface area contributed by atoms with E-state index >= 15 is 0 Å². The third kappa shape index (κ3) is 3.51. The monoisotopic (exact) mass is 314 g/mol. The van der Waals surface area contributed by atoms with Gasteiger partial charge in [0.1, 0.15) is 0 Å². The van der Waals surface area contributed by atoms with E-state index in [1.165, 1.54) is 5.56 Å². The highest BCUT2D eigenvalue weighted by Crippen LogP contribution is 2.26. The molecule has 0 unspecified atom stereocenters. The van der Waals surface area contributed by atoms with Crippen molar-refractivity contribution in [3.8, 4) is 0 Å². The van der Waals surface area contributed by atoms with Crippen LogP contribution in [0.15, 0.2) is 52.4 Å². The Morgan fingerprint density at radius 1 is 1.27 bits per heavy atom. The normalized spacial score (nSPS) is 11.0. The van der Waals surface area contributed by atoms with Gasteiger partial charge in [-0.1, -0.05) is 43.8 Å². The number of hydrogen-bond acceptors (Lipinski definition) is 5. The molecule has 3 rings (SSSR count). The standard InChI is InChI=1S/C16H18N4OS/c1-11(2)13-5-3-4-6-14(13)17-15-18-16(20-19-15)22-10-12-7-8-21-9-12/h3-9,11H,10H2,1-2H3,(H2,17,18,19,20). The van der Waals surface area contributed by atoms with Gasteiger partial charge in [0.25, 0.3) is 0 Å². The second-order valence-electron chi connectivity index (χ2n) is 5.25. The lowest BCUT2D eigenvalue weighted by Crippen LogP contribution is -1.98. The fourth-order valence-electron chi connectivity index (χ4n) is 2.13. The highest BCUT2D eigenvalue weighted by atomic mass is 32.2. The van der Waals surface area contributed by atoms with Crippen molar-refractivity contribution < 1.29 is 4.42 Å². The Kier molecular flexibility index (Phi) is 4.48. The van der Waals surface area contributed by atoms with E-state index in [2.05, 4.69) is 40.4 Å². The van der Waals surface area contributed by atoms with Crippen LogP contribution in [0.4, 0.5) is 11.6 Å².